The molecule has 0 amide bonds. The number of benzene rings is 1. The molecule has 0 bridgehead atoms. The van der Waals surface area contributed by atoms with Gasteiger partial charge in [-0.25, -0.2) is 9.78 Å². The normalized spacial score (nSPS) is 10.9. The van der Waals surface area contributed by atoms with E-state index in [-0.39, 0.29) is 5.69 Å². The number of nitrogens with zero attached hydrogens (tertiary/aromatic N) is 2. The summed E-state index contributed by atoms with van der Waals surface area (Å²) < 4.78 is 2.63. The molecule has 3 aromatic rings. The van der Waals surface area contributed by atoms with Crippen LogP contribution in [-0.4, -0.2) is 20.5 Å². The molecule has 0 saturated carbocycles. The van der Waals surface area contributed by atoms with Gasteiger partial charge in [0, 0.05) is 16.2 Å². The molecule has 1 N–H and O–H groups in total. The van der Waals surface area contributed by atoms with Crippen LogP contribution >= 0.6 is 15.9 Å². The van der Waals surface area contributed by atoms with Crippen LogP contribution in [0.25, 0.3) is 16.9 Å². The van der Waals surface area contributed by atoms with Crippen LogP contribution in [0.3, 0.4) is 0 Å². The standard InChI is InChI=1S/C15H11BrN2O2/c1-9-4-2-3-5-11(9)14-17-13(15(19)20)12-8-10(16)6-7-18(12)14/h2-8H,1H3,(H,19,20). The summed E-state index contributed by atoms with van der Waals surface area (Å²) in [7, 11) is 0. The zero-order chi connectivity index (χ0) is 14.3. The van der Waals surface area contributed by atoms with Gasteiger partial charge >= 0.3 is 5.97 Å². The smallest absolute Gasteiger partial charge is 0.356 e. The molecule has 20 heavy (non-hydrogen) atoms. The number of imidazole rings is 1. The molecule has 100 valence electrons. The fourth-order valence-corrected chi connectivity index (χ4v) is 2.56. The van der Waals surface area contributed by atoms with E-state index in [9.17, 15) is 9.90 Å². The summed E-state index contributed by atoms with van der Waals surface area (Å²) in [6.45, 7) is 1.98. The van der Waals surface area contributed by atoms with Crippen molar-refractivity contribution in [3.63, 3.8) is 0 Å². The third-order valence-corrected chi connectivity index (χ3v) is 3.69. The highest BCUT2D eigenvalue weighted by Gasteiger charge is 2.18. The highest BCUT2D eigenvalue weighted by molar-refractivity contribution is 9.10. The van der Waals surface area contributed by atoms with Gasteiger partial charge in [0.25, 0.3) is 0 Å². The van der Waals surface area contributed by atoms with Crippen LogP contribution in [0, 0.1) is 6.92 Å². The number of aromatic carboxylic acids is 1. The molecule has 0 unspecified atom stereocenters. The first-order valence-electron chi connectivity index (χ1n) is 6.05. The predicted molar refractivity (Wildman–Crippen MR) is 80.0 cm³/mol. The molecule has 4 nitrogen and oxygen atoms in total. The SMILES string of the molecule is Cc1ccccc1-c1nc(C(=O)O)c2cc(Br)ccn12. The van der Waals surface area contributed by atoms with E-state index >= 15 is 0 Å². The number of aryl methyl sites for hydroxylation is 1. The van der Waals surface area contributed by atoms with Crippen LogP contribution in [0.15, 0.2) is 47.1 Å². The van der Waals surface area contributed by atoms with Crippen molar-refractivity contribution in [2.75, 3.05) is 0 Å². The Hall–Kier alpha value is -2.14. The number of halogens is 1. The molecule has 2 heterocycles. The number of carbonyl (C=O) groups is 1. The number of hydrogen-bond donors (Lipinski definition) is 1. The minimum atomic E-state index is -1.03. The van der Waals surface area contributed by atoms with Gasteiger partial charge in [-0.3, -0.25) is 4.40 Å². The van der Waals surface area contributed by atoms with Gasteiger partial charge < -0.3 is 5.11 Å². The molecule has 0 aliphatic rings. The van der Waals surface area contributed by atoms with Crippen LogP contribution in [0.1, 0.15) is 16.1 Å². The molecule has 0 radical (unpaired) electrons. The summed E-state index contributed by atoms with van der Waals surface area (Å²) in [5.74, 6) is -0.386. The van der Waals surface area contributed by atoms with Gasteiger partial charge in [0.05, 0.1) is 5.52 Å². The van der Waals surface area contributed by atoms with Gasteiger partial charge in [0.15, 0.2) is 5.69 Å². The molecule has 0 aliphatic carbocycles. The lowest BCUT2D eigenvalue weighted by atomic mass is 10.1. The zero-order valence-electron chi connectivity index (χ0n) is 10.7. The Morgan fingerprint density at radius 2 is 2.05 bits per heavy atom. The number of fused-ring (bicyclic) bond motifs is 1. The van der Waals surface area contributed by atoms with Crippen molar-refractivity contribution in [1.82, 2.24) is 9.38 Å². The van der Waals surface area contributed by atoms with Crippen LogP contribution in [0.5, 0.6) is 0 Å². The number of hydrogen-bond acceptors (Lipinski definition) is 2. The number of rotatable bonds is 2. The minimum absolute atomic E-state index is 0.0598. The maximum Gasteiger partial charge on any atom is 0.356 e. The van der Waals surface area contributed by atoms with Gasteiger partial charge in [-0.2, -0.15) is 0 Å². The molecular formula is C15H11BrN2O2. The monoisotopic (exact) mass is 330 g/mol. The van der Waals surface area contributed by atoms with Crippen LogP contribution in [0.2, 0.25) is 0 Å². The number of carboxylic acids is 1. The lowest BCUT2D eigenvalue weighted by Gasteiger charge is -2.04. The molecule has 0 aliphatic heterocycles. The summed E-state index contributed by atoms with van der Waals surface area (Å²) in [4.78, 5) is 15.7. The molecule has 1 aromatic carbocycles. The average Bonchev–Trinajstić information content (AvgIpc) is 2.78. The first kappa shape index (κ1) is 12.9. The van der Waals surface area contributed by atoms with E-state index in [1.165, 1.54) is 0 Å². The summed E-state index contributed by atoms with van der Waals surface area (Å²) in [6.07, 6.45) is 1.82. The largest absolute Gasteiger partial charge is 0.476 e. The second-order valence-corrected chi connectivity index (χ2v) is 5.42. The van der Waals surface area contributed by atoms with Gasteiger partial charge in [0.2, 0.25) is 0 Å². The lowest BCUT2D eigenvalue weighted by Crippen LogP contribution is -1.97. The molecule has 0 atom stereocenters. The zero-order valence-corrected chi connectivity index (χ0v) is 12.3. The third kappa shape index (κ3) is 2.00. The van der Waals surface area contributed by atoms with E-state index in [0.717, 1.165) is 15.6 Å². The first-order valence-corrected chi connectivity index (χ1v) is 6.84. The molecule has 5 heteroatoms. The molecule has 3 rings (SSSR count). The Morgan fingerprint density at radius 3 is 2.75 bits per heavy atom. The number of aromatic nitrogens is 2. The molecular weight excluding hydrogens is 320 g/mol. The minimum Gasteiger partial charge on any atom is -0.476 e. The highest BCUT2D eigenvalue weighted by Crippen LogP contribution is 2.27. The Bertz CT molecular complexity index is 824. The Morgan fingerprint density at radius 1 is 1.30 bits per heavy atom. The van der Waals surface area contributed by atoms with Gasteiger partial charge in [-0.15, -0.1) is 0 Å². The van der Waals surface area contributed by atoms with Crippen molar-refractivity contribution in [2.24, 2.45) is 0 Å². The van der Waals surface area contributed by atoms with E-state index in [1.54, 1.807) is 10.5 Å². The summed E-state index contributed by atoms with van der Waals surface area (Å²) in [5, 5.41) is 9.31. The van der Waals surface area contributed by atoms with Gasteiger partial charge in [-0.05, 0) is 24.6 Å². The second kappa shape index (κ2) is 4.76. The third-order valence-electron chi connectivity index (χ3n) is 3.19. The molecule has 2 aromatic heterocycles. The number of carboxylic acid groups (broad SMARTS) is 1. The fraction of sp³-hybridized carbons (Fsp3) is 0.0667. The van der Waals surface area contributed by atoms with E-state index in [0.29, 0.717) is 11.3 Å². The predicted octanol–water partition coefficient (Wildman–Crippen LogP) is 3.77. The Kier molecular flexibility index (Phi) is 3.06. The second-order valence-electron chi connectivity index (χ2n) is 4.50. The van der Waals surface area contributed by atoms with E-state index in [2.05, 4.69) is 20.9 Å². The van der Waals surface area contributed by atoms with E-state index in [4.69, 9.17) is 0 Å². The van der Waals surface area contributed by atoms with Crippen LogP contribution < -0.4 is 0 Å². The van der Waals surface area contributed by atoms with Crippen molar-refractivity contribution in [3.05, 3.63) is 58.3 Å². The topological polar surface area (TPSA) is 54.6 Å². The Labute approximate surface area is 123 Å². The summed E-state index contributed by atoms with van der Waals surface area (Å²) >= 11 is 3.36. The van der Waals surface area contributed by atoms with Gasteiger partial charge in [-0.1, -0.05) is 40.2 Å². The number of pyridine rings is 1. The van der Waals surface area contributed by atoms with Crippen molar-refractivity contribution in [2.45, 2.75) is 6.92 Å². The van der Waals surface area contributed by atoms with Crippen molar-refractivity contribution < 1.29 is 9.90 Å². The van der Waals surface area contributed by atoms with Crippen LogP contribution in [0.4, 0.5) is 0 Å². The van der Waals surface area contributed by atoms with Gasteiger partial charge in [0.1, 0.15) is 5.82 Å². The first-order chi connectivity index (χ1) is 9.58. The molecule has 0 spiro atoms. The Balaban J connectivity index is 2.38. The average molecular weight is 331 g/mol. The van der Waals surface area contributed by atoms with E-state index in [1.807, 2.05) is 43.5 Å². The highest BCUT2D eigenvalue weighted by atomic mass is 79.9. The lowest BCUT2D eigenvalue weighted by molar-refractivity contribution is 0.0693. The van der Waals surface area contributed by atoms with Crippen molar-refractivity contribution in [1.29, 1.82) is 0 Å². The van der Waals surface area contributed by atoms with Crippen molar-refractivity contribution in [3.8, 4) is 11.4 Å². The fourth-order valence-electron chi connectivity index (χ4n) is 2.23. The van der Waals surface area contributed by atoms with E-state index < -0.39 is 5.97 Å². The molecule has 0 saturated heterocycles. The summed E-state index contributed by atoms with van der Waals surface area (Å²) in [5.41, 5.74) is 2.62. The van der Waals surface area contributed by atoms with Crippen LogP contribution in [-0.2, 0) is 0 Å². The molecule has 0 fully saturated rings. The maximum absolute atomic E-state index is 11.4. The maximum atomic E-state index is 11.4. The quantitative estimate of drug-likeness (QED) is 0.778. The summed E-state index contributed by atoms with van der Waals surface area (Å²) in [6, 6.07) is 11.4. The van der Waals surface area contributed by atoms with Crippen molar-refractivity contribution >= 4 is 27.4 Å².